The van der Waals surface area contributed by atoms with Crippen molar-refractivity contribution in [2.45, 2.75) is 39.5 Å². The maximum absolute atomic E-state index is 14.0. The fraction of sp³-hybridized carbons (Fsp3) is 0.455. The molecule has 0 spiro atoms. The molecule has 2 rings (SSSR count). The molecule has 4 heteroatoms. The first-order valence-electron chi connectivity index (χ1n) is 9.30. The summed E-state index contributed by atoms with van der Waals surface area (Å²) in [5.74, 6) is 0.362. The smallest absolute Gasteiger partial charge is 0.127 e. The molecule has 1 N–H and O–H groups in total. The molecule has 0 radical (unpaired) electrons. The summed E-state index contributed by atoms with van der Waals surface area (Å²) in [6.07, 6.45) is 0.407. The van der Waals surface area contributed by atoms with Crippen molar-refractivity contribution in [3.63, 3.8) is 0 Å². The normalized spacial score (nSPS) is 12.7. The number of hydrogen-bond acceptors (Lipinski definition) is 3. The van der Waals surface area contributed by atoms with Crippen LogP contribution >= 0.6 is 0 Å². The van der Waals surface area contributed by atoms with E-state index < -0.39 is 6.10 Å². The van der Waals surface area contributed by atoms with Gasteiger partial charge in [-0.25, -0.2) is 4.39 Å². The second kappa shape index (κ2) is 11.1. The molecule has 0 aliphatic rings. The molecule has 26 heavy (non-hydrogen) atoms. The molecule has 3 nitrogen and oxygen atoms in total. The van der Waals surface area contributed by atoms with Crippen LogP contribution in [0.25, 0.3) is 0 Å². The van der Waals surface area contributed by atoms with Crippen molar-refractivity contribution in [2.75, 3.05) is 19.7 Å². The Hall–Kier alpha value is -1.75. The number of aliphatic hydroxyl groups is 1. The zero-order valence-corrected chi connectivity index (χ0v) is 15.8. The minimum atomic E-state index is -0.599. The van der Waals surface area contributed by atoms with Crippen LogP contribution in [0.4, 0.5) is 4.39 Å². The highest BCUT2D eigenvalue weighted by Crippen LogP contribution is 2.12. The van der Waals surface area contributed by atoms with Crippen molar-refractivity contribution in [3.8, 4) is 0 Å². The van der Waals surface area contributed by atoms with Crippen molar-refractivity contribution < 1.29 is 14.2 Å². The Bertz CT molecular complexity index is 633. The highest BCUT2D eigenvalue weighted by Gasteiger charge is 2.15. The highest BCUT2D eigenvalue weighted by atomic mass is 19.1. The summed E-state index contributed by atoms with van der Waals surface area (Å²) < 4.78 is 19.6. The number of aliphatic hydroxyl groups excluding tert-OH is 1. The third kappa shape index (κ3) is 7.65. The first-order chi connectivity index (χ1) is 12.5. The molecule has 0 fully saturated rings. The molecular formula is C22H30FNO2. The molecule has 0 aliphatic carbocycles. The molecule has 0 saturated heterocycles. The van der Waals surface area contributed by atoms with Crippen molar-refractivity contribution in [3.05, 3.63) is 71.5 Å². The average Bonchev–Trinajstić information content (AvgIpc) is 2.62. The van der Waals surface area contributed by atoms with Gasteiger partial charge in [-0.05, 0) is 30.5 Å². The second-order valence-corrected chi connectivity index (χ2v) is 7.16. The Morgan fingerprint density at radius 3 is 2.42 bits per heavy atom. The van der Waals surface area contributed by atoms with E-state index in [0.717, 1.165) is 18.5 Å². The van der Waals surface area contributed by atoms with Gasteiger partial charge < -0.3 is 9.84 Å². The lowest BCUT2D eigenvalue weighted by molar-refractivity contribution is 0.00774. The maximum atomic E-state index is 14.0. The Morgan fingerprint density at radius 2 is 1.73 bits per heavy atom. The van der Waals surface area contributed by atoms with E-state index in [4.69, 9.17) is 4.74 Å². The van der Waals surface area contributed by atoms with E-state index >= 15 is 0 Å². The zero-order chi connectivity index (χ0) is 18.8. The van der Waals surface area contributed by atoms with Crippen LogP contribution in [-0.2, 0) is 17.9 Å². The van der Waals surface area contributed by atoms with Crippen molar-refractivity contribution >= 4 is 0 Å². The standard InChI is InChI=1S/C22H30FNO2/c1-18(2)12-13-24(14-20-10-6-7-11-22(20)23)15-21(25)17-26-16-19-8-4-3-5-9-19/h3-11,18,21,25H,12-17H2,1-2H3. The quantitative estimate of drug-likeness (QED) is 0.651. The van der Waals surface area contributed by atoms with Crippen molar-refractivity contribution in [2.24, 2.45) is 5.92 Å². The van der Waals surface area contributed by atoms with Gasteiger partial charge in [0.25, 0.3) is 0 Å². The van der Waals surface area contributed by atoms with E-state index in [1.54, 1.807) is 12.1 Å². The molecule has 0 heterocycles. The minimum Gasteiger partial charge on any atom is -0.389 e. The largest absolute Gasteiger partial charge is 0.389 e. The summed E-state index contributed by atoms with van der Waals surface area (Å²) in [5.41, 5.74) is 1.75. The maximum Gasteiger partial charge on any atom is 0.127 e. The van der Waals surface area contributed by atoms with E-state index in [9.17, 15) is 9.50 Å². The molecule has 0 aliphatic heterocycles. The number of hydrogen-bond donors (Lipinski definition) is 1. The van der Waals surface area contributed by atoms with Crippen molar-refractivity contribution in [1.82, 2.24) is 4.90 Å². The molecule has 0 amide bonds. The Balaban J connectivity index is 1.85. The number of halogens is 1. The first-order valence-corrected chi connectivity index (χ1v) is 9.30. The average molecular weight is 359 g/mol. The Morgan fingerprint density at radius 1 is 1.04 bits per heavy atom. The summed E-state index contributed by atoms with van der Waals surface area (Å²) >= 11 is 0. The van der Waals surface area contributed by atoms with Gasteiger partial charge >= 0.3 is 0 Å². The van der Waals surface area contributed by atoms with Crippen molar-refractivity contribution in [1.29, 1.82) is 0 Å². The van der Waals surface area contributed by atoms with Gasteiger partial charge in [0.15, 0.2) is 0 Å². The van der Waals surface area contributed by atoms with E-state index in [-0.39, 0.29) is 12.4 Å². The number of rotatable bonds is 11. The second-order valence-electron chi connectivity index (χ2n) is 7.16. The first kappa shape index (κ1) is 20.6. The van der Waals surface area contributed by atoms with Gasteiger partial charge in [-0.2, -0.15) is 0 Å². The van der Waals surface area contributed by atoms with Crippen LogP contribution in [0.3, 0.4) is 0 Å². The molecule has 0 saturated carbocycles. The van der Waals surface area contributed by atoms with Crippen LogP contribution in [0.15, 0.2) is 54.6 Å². The van der Waals surface area contributed by atoms with Gasteiger partial charge in [-0.1, -0.05) is 62.4 Å². The van der Waals surface area contributed by atoms with Gasteiger partial charge in [0, 0.05) is 18.7 Å². The van der Waals surface area contributed by atoms with Crippen LogP contribution in [0, 0.1) is 11.7 Å². The van der Waals surface area contributed by atoms with Crippen LogP contribution < -0.4 is 0 Å². The summed E-state index contributed by atoms with van der Waals surface area (Å²) in [4.78, 5) is 2.11. The van der Waals surface area contributed by atoms with Gasteiger partial charge in [-0.3, -0.25) is 4.90 Å². The molecule has 1 atom stereocenters. The molecule has 142 valence electrons. The summed E-state index contributed by atoms with van der Waals surface area (Å²) in [5, 5.41) is 10.3. The van der Waals surface area contributed by atoms with Gasteiger partial charge in [0.1, 0.15) is 5.82 Å². The molecule has 1 unspecified atom stereocenters. The molecule has 0 bridgehead atoms. The number of benzene rings is 2. The fourth-order valence-corrected chi connectivity index (χ4v) is 2.78. The summed E-state index contributed by atoms with van der Waals surface area (Å²) in [6.45, 7) is 6.87. The van der Waals surface area contributed by atoms with E-state index in [1.165, 1.54) is 6.07 Å². The summed E-state index contributed by atoms with van der Waals surface area (Å²) in [6, 6.07) is 16.7. The van der Waals surface area contributed by atoms with Gasteiger partial charge in [0.05, 0.1) is 19.3 Å². The Kier molecular flexibility index (Phi) is 8.75. The monoisotopic (exact) mass is 359 g/mol. The van der Waals surface area contributed by atoms with Crippen LogP contribution in [0.1, 0.15) is 31.4 Å². The fourth-order valence-electron chi connectivity index (χ4n) is 2.78. The SMILES string of the molecule is CC(C)CCN(Cc1ccccc1F)CC(O)COCc1ccccc1. The zero-order valence-electron chi connectivity index (χ0n) is 15.8. The van der Waals surface area contributed by atoms with Crippen LogP contribution in [0.2, 0.25) is 0 Å². The van der Waals surface area contributed by atoms with E-state index in [1.807, 2.05) is 36.4 Å². The summed E-state index contributed by atoms with van der Waals surface area (Å²) in [7, 11) is 0. The van der Waals surface area contributed by atoms with E-state index in [0.29, 0.717) is 31.2 Å². The topological polar surface area (TPSA) is 32.7 Å². The lowest BCUT2D eigenvalue weighted by Crippen LogP contribution is -2.36. The van der Waals surface area contributed by atoms with E-state index in [2.05, 4.69) is 18.7 Å². The molecule has 2 aromatic rings. The Labute approximate surface area is 156 Å². The molecule has 2 aromatic carbocycles. The predicted molar refractivity (Wildman–Crippen MR) is 103 cm³/mol. The third-order valence-electron chi connectivity index (χ3n) is 4.27. The van der Waals surface area contributed by atoms with Crippen LogP contribution in [0.5, 0.6) is 0 Å². The van der Waals surface area contributed by atoms with Gasteiger partial charge in [0.2, 0.25) is 0 Å². The minimum absolute atomic E-state index is 0.197. The predicted octanol–water partition coefficient (Wildman–Crippen LogP) is 4.25. The third-order valence-corrected chi connectivity index (χ3v) is 4.27. The number of nitrogens with zero attached hydrogens (tertiary/aromatic N) is 1. The molecule has 0 aromatic heterocycles. The molecular weight excluding hydrogens is 329 g/mol. The highest BCUT2D eigenvalue weighted by molar-refractivity contribution is 5.17. The lowest BCUT2D eigenvalue weighted by Gasteiger charge is -2.26. The van der Waals surface area contributed by atoms with Gasteiger partial charge in [-0.15, -0.1) is 0 Å². The lowest BCUT2D eigenvalue weighted by atomic mass is 10.1. The van der Waals surface area contributed by atoms with Crippen LogP contribution in [-0.4, -0.2) is 35.8 Å². The number of ether oxygens (including phenoxy) is 1.